The predicted octanol–water partition coefficient (Wildman–Crippen LogP) is 5.74. The number of alkyl halides is 1. The zero-order valence-corrected chi connectivity index (χ0v) is 16.6. The number of carbonyl (C=O) groups excluding carboxylic acids is 1. The van der Waals surface area contributed by atoms with Crippen molar-refractivity contribution in [2.75, 3.05) is 6.38 Å². The maximum atomic E-state index is 11.7. The maximum absolute atomic E-state index is 11.7. The van der Waals surface area contributed by atoms with Crippen LogP contribution in [0.2, 0.25) is 0 Å². The fourth-order valence-corrected chi connectivity index (χ4v) is 1.23. The van der Waals surface area contributed by atoms with E-state index < -0.39 is 0 Å². The van der Waals surface area contributed by atoms with Crippen molar-refractivity contribution < 1.29 is 4.79 Å². The Morgan fingerprint density at radius 2 is 1.46 bits per heavy atom. The van der Waals surface area contributed by atoms with Gasteiger partial charge in [-0.05, 0) is 38.5 Å². The van der Waals surface area contributed by atoms with Crippen LogP contribution in [0.15, 0.2) is 77.6 Å². The average molecular weight is 351 g/mol. The Hall–Kier alpha value is -2.13. The van der Waals surface area contributed by atoms with Crippen LogP contribution in [0.3, 0.4) is 0 Å². The molecule has 0 spiro atoms. The van der Waals surface area contributed by atoms with E-state index in [1.165, 1.54) is 12.6 Å². The summed E-state index contributed by atoms with van der Waals surface area (Å²) >= 11 is 4.64. The molecule has 4 heteroatoms. The average Bonchev–Trinajstić information content (AvgIpc) is 2.60. The van der Waals surface area contributed by atoms with Crippen molar-refractivity contribution in [1.82, 2.24) is 5.32 Å². The molecule has 0 aliphatic rings. The predicted molar refractivity (Wildman–Crippen MR) is 111 cm³/mol. The highest BCUT2D eigenvalue weighted by Crippen LogP contribution is 2.08. The number of aliphatic imine (C=N–C) groups is 1. The lowest BCUT2D eigenvalue weighted by Gasteiger charge is -2.01. The maximum Gasteiger partial charge on any atom is 0.266 e. The molecule has 1 amide bonds. The third-order valence-electron chi connectivity index (χ3n) is 2.24. The second-order valence-electron chi connectivity index (χ2n) is 4.29. The minimum Gasteiger partial charge on any atom is -0.325 e. The minimum atomic E-state index is -0.298. The number of hydrogen-bond donors (Lipinski definition) is 1. The van der Waals surface area contributed by atoms with Crippen molar-refractivity contribution >= 4 is 23.7 Å². The fraction of sp³-hybridized carbons (Fsp3) is 0.300. The quantitative estimate of drug-likeness (QED) is 0.355. The van der Waals surface area contributed by atoms with Gasteiger partial charge in [0.2, 0.25) is 0 Å². The molecule has 134 valence electrons. The van der Waals surface area contributed by atoms with Crippen molar-refractivity contribution in [1.29, 1.82) is 0 Å². The van der Waals surface area contributed by atoms with Crippen LogP contribution in [-0.4, -0.2) is 18.5 Å². The number of halogens is 1. The number of hydrogen-bond acceptors (Lipinski definition) is 2. The van der Waals surface area contributed by atoms with Crippen LogP contribution < -0.4 is 5.32 Å². The molecular weight excluding hydrogens is 320 g/mol. The van der Waals surface area contributed by atoms with Gasteiger partial charge in [-0.3, -0.25) is 9.79 Å². The van der Waals surface area contributed by atoms with Gasteiger partial charge in [0.15, 0.2) is 0 Å². The monoisotopic (exact) mass is 350 g/mol. The van der Waals surface area contributed by atoms with Crippen LogP contribution in [0.25, 0.3) is 0 Å². The molecule has 0 atom stereocenters. The summed E-state index contributed by atoms with van der Waals surface area (Å²) in [7, 11) is 0. The van der Waals surface area contributed by atoms with Crippen LogP contribution in [0, 0.1) is 0 Å². The van der Waals surface area contributed by atoms with Gasteiger partial charge in [0, 0.05) is 12.1 Å². The SMILES string of the molecule is C=CC(C=C)=C(C=C)N=CC(=O)N/C(C)=C/C=C(C)C.CC.CCl. The molecule has 0 aromatic rings. The van der Waals surface area contributed by atoms with Crippen molar-refractivity contribution in [2.45, 2.75) is 34.6 Å². The molecule has 0 bridgehead atoms. The Bertz CT molecular complexity index is 510. The smallest absolute Gasteiger partial charge is 0.266 e. The Labute approximate surface area is 152 Å². The number of allylic oxidation sites excluding steroid dienone is 8. The Balaban J connectivity index is -0.00000102. The van der Waals surface area contributed by atoms with Crippen molar-refractivity contribution in [2.24, 2.45) is 4.99 Å². The molecule has 0 saturated heterocycles. The third-order valence-corrected chi connectivity index (χ3v) is 2.24. The van der Waals surface area contributed by atoms with E-state index in [4.69, 9.17) is 0 Å². The van der Waals surface area contributed by atoms with Gasteiger partial charge in [-0.1, -0.05) is 57.4 Å². The van der Waals surface area contributed by atoms with Crippen molar-refractivity contribution in [3.05, 3.63) is 72.7 Å². The lowest BCUT2D eigenvalue weighted by atomic mass is 10.2. The zero-order chi connectivity index (χ0) is 19.5. The third kappa shape index (κ3) is 14.8. The fourth-order valence-electron chi connectivity index (χ4n) is 1.23. The van der Waals surface area contributed by atoms with Gasteiger partial charge in [-0.2, -0.15) is 0 Å². The van der Waals surface area contributed by atoms with Crippen LogP contribution >= 0.6 is 11.6 Å². The van der Waals surface area contributed by atoms with Gasteiger partial charge in [-0.25, -0.2) is 0 Å². The van der Waals surface area contributed by atoms with Gasteiger partial charge in [0.05, 0.1) is 11.9 Å². The van der Waals surface area contributed by atoms with E-state index in [-0.39, 0.29) is 5.91 Å². The van der Waals surface area contributed by atoms with Gasteiger partial charge in [-0.15, -0.1) is 11.6 Å². The molecule has 0 saturated carbocycles. The molecule has 0 heterocycles. The van der Waals surface area contributed by atoms with E-state index in [9.17, 15) is 4.79 Å². The molecule has 0 fully saturated rings. The first-order valence-electron chi connectivity index (χ1n) is 7.60. The number of carbonyl (C=O) groups is 1. The second kappa shape index (κ2) is 18.9. The summed E-state index contributed by atoms with van der Waals surface area (Å²) in [6.07, 6.45) is 11.2. The summed E-state index contributed by atoms with van der Waals surface area (Å²) in [5.41, 5.74) is 3.18. The standard InChI is InChI=1S/C17H22N2O.C2H6.CH3Cl/c1-7-15(8-2)16(9-3)18-12-17(20)19-14(6)11-10-13(4)5;2*1-2/h7-12H,1-3H2,4-6H3,(H,19,20);1-2H3;1H3/b14-11+,18-12?;;. The second-order valence-corrected chi connectivity index (χ2v) is 4.29. The highest BCUT2D eigenvalue weighted by Gasteiger charge is 1.98. The van der Waals surface area contributed by atoms with Crippen molar-refractivity contribution in [3.63, 3.8) is 0 Å². The lowest BCUT2D eigenvalue weighted by Crippen LogP contribution is -2.22. The molecule has 0 aromatic heterocycles. The Morgan fingerprint density at radius 3 is 1.83 bits per heavy atom. The summed E-state index contributed by atoms with van der Waals surface area (Å²) in [4.78, 5) is 15.8. The molecule has 0 aliphatic carbocycles. The van der Waals surface area contributed by atoms with Gasteiger partial charge < -0.3 is 5.32 Å². The van der Waals surface area contributed by atoms with Crippen LogP contribution in [-0.2, 0) is 4.79 Å². The number of amides is 1. The van der Waals surface area contributed by atoms with E-state index in [1.807, 2.05) is 46.8 Å². The molecule has 1 N–H and O–H groups in total. The van der Waals surface area contributed by atoms with Crippen LogP contribution in [0.4, 0.5) is 0 Å². The van der Waals surface area contributed by atoms with Crippen LogP contribution in [0.5, 0.6) is 0 Å². The summed E-state index contributed by atoms with van der Waals surface area (Å²) in [6.45, 7) is 20.7. The summed E-state index contributed by atoms with van der Waals surface area (Å²) in [5.74, 6) is -0.298. The topological polar surface area (TPSA) is 41.5 Å². The highest BCUT2D eigenvalue weighted by molar-refractivity contribution is 6.27. The van der Waals surface area contributed by atoms with E-state index >= 15 is 0 Å². The summed E-state index contributed by atoms with van der Waals surface area (Å²) < 4.78 is 0. The van der Waals surface area contributed by atoms with Gasteiger partial charge >= 0.3 is 0 Å². The number of rotatable bonds is 7. The summed E-state index contributed by atoms with van der Waals surface area (Å²) in [6, 6.07) is 0. The first-order valence-corrected chi connectivity index (χ1v) is 8.36. The minimum absolute atomic E-state index is 0.298. The van der Waals surface area contributed by atoms with Crippen LogP contribution in [0.1, 0.15) is 34.6 Å². The molecular formula is C20H31ClN2O. The van der Waals surface area contributed by atoms with Gasteiger partial charge in [0.1, 0.15) is 0 Å². The zero-order valence-electron chi connectivity index (χ0n) is 15.8. The lowest BCUT2D eigenvalue weighted by molar-refractivity contribution is -0.113. The first-order chi connectivity index (χ1) is 11.4. The summed E-state index contributed by atoms with van der Waals surface area (Å²) in [5, 5.41) is 2.71. The van der Waals surface area contributed by atoms with Gasteiger partial charge in [0.25, 0.3) is 5.91 Å². The molecule has 0 rings (SSSR count). The van der Waals surface area contributed by atoms with E-state index in [1.54, 1.807) is 18.2 Å². The molecule has 0 unspecified atom stereocenters. The molecule has 0 aliphatic heterocycles. The Kier molecular flexibility index (Phi) is 21.1. The van der Waals surface area contributed by atoms with E-state index in [0.717, 1.165) is 16.8 Å². The highest BCUT2D eigenvalue weighted by atomic mass is 35.5. The molecule has 0 radical (unpaired) electrons. The van der Waals surface area contributed by atoms with E-state index in [2.05, 4.69) is 41.6 Å². The normalized spacial score (nSPS) is 9.38. The first kappa shape index (κ1) is 26.8. The Morgan fingerprint density at radius 1 is 0.958 bits per heavy atom. The number of nitrogens with one attached hydrogen (secondary N) is 1. The molecule has 3 nitrogen and oxygen atoms in total. The molecule has 0 aromatic carbocycles. The van der Waals surface area contributed by atoms with E-state index in [0.29, 0.717) is 5.70 Å². The number of nitrogens with zero attached hydrogens (tertiary/aromatic N) is 1. The molecule has 24 heavy (non-hydrogen) atoms. The largest absolute Gasteiger partial charge is 0.325 e. The van der Waals surface area contributed by atoms with Crippen molar-refractivity contribution in [3.8, 4) is 0 Å².